The first-order valence-electron chi connectivity index (χ1n) is 10.5. The van der Waals surface area contributed by atoms with Crippen LogP contribution in [0.15, 0.2) is 36.4 Å². The summed E-state index contributed by atoms with van der Waals surface area (Å²) in [5.74, 6) is -2.60. The van der Waals surface area contributed by atoms with Gasteiger partial charge in [-0.2, -0.15) is 0 Å². The minimum absolute atomic E-state index is 0.0181. The predicted octanol–water partition coefficient (Wildman–Crippen LogP) is 7.15. The molecule has 0 amide bonds. The SMILES string of the molecule is CC[SiH2][C@H]1CC[C@](CC)(c2ccc(-c3ccc(OC(F)(F)F)c(F)c3)c(F)c2)CC1. The summed E-state index contributed by atoms with van der Waals surface area (Å²) in [6.07, 6.45) is 0.453. The fourth-order valence-electron chi connectivity index (χ4n) is 4.73. The molecule has 1 aliphatic carbocycles. The first-order valence-corrected chi connectivity index (χ1v) is 12.3. The van der Waals surface area contributed by atoms with Crippen molar-refractivity contribution in [2.24, 2.45) is 0 Å². The summed E-state index contributed by atoms with van der Waals surface area (Å²) in [6, 6.07) is 9.31. The van der Waals surface area contributed by atoms with E-state index >= 15 is 0 Å². The van der Waals surface area contributed by atoms with Crippen LogP contribution in [0.1, 0.15) is 51.5 Å². The van der Waals surface area contributed by atoms with E-state index in [0.29, 0.717) is 0 Å². The van der Waals surface area contributed by atoms with Gasteiger partial charge < -0.3 is 4.74 Å². The van der Waals surface area contributed by atoms with E-state index in [1.807, 2.05) is 6.07 Å². The van der Waals surface area contributed by atoms with Gasteiger partial charge in [-0.05, 0) is 54.0 Å². The highest BCUT2D eigenvalue weighted by molar-refractivity contribution is 6.37. The van der Waals surface area contributed by atoms with E-state index in [4.69, 9.17) is 0 Å². The van der Waals surface area contributed by atoms with Crippen LogP contribution >= 0.6 is 0 Å². The van der Waals surface area contributed by atoms with Crippen molar-refractivity contribution in [1.29, 1.82) is 0 Å². The first kappa shape index (κ1) is 22.8. The number of hydrogen-bond donors (Lipinski definition) is 0. The second-order valence-corrected chi connectivity index (χ2v) is 11.0. The normalized spacial score (nSPS) is 22.6. The number of halogens is 5. The Morgan fingerprint density at radius 2 is 1.70 bits per heavy atom. The van der Waals surface area contributed by atoms with Gasteiger partial charge in [-0.3, -0.25) is 0 Å². The monoisotopic (exact) mass is 442 g/mol. The number of ether oxygens (including phenoxy) is 1. The van der Waals surface area contributed by atoms with Crippen LogP contribution < -0.4 is 4.74 Å². The molecule has 0 unspecified atom stereocenters. The third-order valence-corrected chi connectivity index (χ3v) is 8.70. The largest absolute Gasteiger partial charge is 0.573 e. The highest BCUT2D eigenvalue weighted by Crippen LogP contribution is 2.46. The van der Waals surface area contributed by atoms with Crippen LogP contribution in [0.3, 0.4) is 0 Å². The number of benzene rings is 2. The molecule has 0 spiro atoms. The molecule has 0 aliphatic heterocycles. The van der Waals surface area contributed by atoms with Crippen molar-refractivity contribution in [3.05, 3.63) is 53.6 Å². The Bertz CT molecular complexity index is 872. The van der Waals surface area contributed by atoms with Crippen LogP contribution in [0, 0.1) is 11.6 Å². The van der Waals surface area contributed by atoms with Gasteiger partial charge in [-0.15, -0.1) is 13.2 Å². The lowest BCUT2D eigenvalue weighted by Gasteiger charge is -2.40. The summed E-state index contributed by atoms with van der Waals surface area (Å²) in [5.41, 5.74) is 2.14. The highest BCUT2D eigenvalue weighted by Gasteiger charge is 2.36. The second-order valence-electron chi connectivity index (χ2n) is 8.25. The van der Waals surface area contributed by atoms with E-state index in [9.17, 15) is 22.0 Å². The smallest absolute Gasteiger partial charge is 0.403 e. The van der Waals surface area contributed by atoms with Crippen molar-refractivity contribution in [3.63, 3.8) is 0 Å². The van der Waals surface area contributed by atoms with Crippen molar-refractivity contribution in [3.8, 4) is 16.9 Å². The van der Waals surface area contributed by atoms with E-state index in [2.05, 4.69) is 18.6 Å². The zero-order valence-electron chi connectivity index (χ0n) is 17.3. The fraction of sp³-hybridized carbons (Fsp3) is 0.478. The summed E-state index contributed by atoms with van der Waals surface area (Å²) in [7, 11) is -0.0181. The lowest BCUT2D eigenvalue weighted by Crippen LogP contribution is -2.31. The van der Waals surface area contributed by atoms with Gasteiger partial charge in [0, 0.05) is 15.1 Å². The second kappa shape index (κ2) is 9.08. The average Bonchev–Trinajstić information content (AvgIpc) is 2.70. The molecule has 2 aromatic carbocycles. The molecule has 1 fully saturated rings. The lowest BCUT2D eigenvalue weighted by atomic mass is 9.67. The number of rotatable bonds is 6. The topological polar surface area (TPSA) is 9.23 Å². The first-order chi connectivity index (χ1) is 14.2. The van der Waals surface area contributed by atoms with Crippen molar-refractivity contribution in [2.45, 2.75) is 69.3 Å². The Hall–Kier alpha value is -1.89. The maximum Gasteiger partial charge on any atom is 0.573 e. The Morgan fingerprint density at radius 3 is 2.23 bits per heavy atom. The van der Waals surface area contributed by atoms with Crippen LogP contribution in [0.5, 0.6) is 5.75 Å². The van der Waals surface area contributed by atoms with E-state index in [-0.39, 0.29) is 26.1 Å². The molecular weight excluding hydrogens is 415 g/mol. The van der Waals surface area contributed by atoms with E-state index < -0.39 is 23.7 Å². The van der Waals surface area contributed by atoms with E-state index in [1.165, 1.54) is 31.0 Å². The van der Waals surface area contributed by atoms with Crippen LogP contribution in [0.25, 0.3) is 11.1 Å². The van der Waals surface area contributed by atoms with Crippen molar-refractivity contribution >= 4 is 9.52 Å². The van der Waals surface area contributed by atoms with Gasteiger partial charge in [0.25, 0.3) is 0 Å². The molecule has 164 valence electrons. The summed E-state index contributed by atoms with van der Waals surface area (Å²) < 4.78 is 69.6. The van der Waals surface area contributed by atoms with Crippen LogP contribution in [-0.2, 0) is 5.41 Å². The van der Waals surface area contributed by atoms with Crippen molar-refractivity contribution in [2.75, 3.05) is 0 Å². The molecule has 0 saturated heterocycles. The fourth-order valence-corrected chi connectivity index (χ4v) is 6.53. The van der Waals surface area contributed by atoms with Gasteiger partial charge in [0.15, 0.2) is 11.6 Å². The molecule has 2 aromatic rings. The predicted molar refractivity (Wildman–Crippen MR) is 112 cm³/mol. The lowest BCUT2D eigenvalue weighted by molar-refractivity contribution is -0.275. The molecule has 3 rings (SSSR count). The molecule has 1 nitrogen and oxygen atoms in total. The summed E-state index contributed by atoms with van der Waals surface area (Å²) in [4.78, 5) is 0. The van der Waals surface area contributed by atoms with Gasteiger partial charge in [-0.25, -0.2) is 8.78 Å². The average molecular weight is 443 g/mol. The molecular formula is C23H27F5OSi. The summed E-state index contributed by atoms with van der Waals surface area (Å²) >= 11 is 0. The third-order valence-electron chi connectivity index (χ3n) is 6.49. The number of hydrogen-bond acceptors (Lipinski definition) is 1. The highest BCUT2D eigenvalue weighted by atomic mass is 28.2. The van der Waals surface area contributed by atoms with Gasteiger partial charge in [-0.1, -0.05) is 56.5 Å². The van der Waals surface area contributed by atoms with Gasteiger partial charge in [0.1, 0.15) is 5.82 Å². The molecule has 0 heterocycles. The minimum atomic E-state index is -4.98. The maximum atomic E-state index is 15.0. The Balaban J connectivity index is 1.84. The quantitative estimate of drug-likeness (QED) is 0.341. The van der Waals surface area contributed by atoms with Crippen LogP contribution in [-0.4, -0.2) is 15.9 Å². The Morgan fingerprint density at radius 1 is 1.00 bits per heavy atom. The van der Waals surface area contributed by atoms with Crippen molar-refractivity contribution < 1.29 is 26.7 Å². The molecule has 0 aromatic heterocycles. The molecule has 0 N–H and O–H groups in total. The minimum Gasteiger partial charge on any atom is -0.403 e. The Labute approximate surface area is 176 Å². The summed E-state index contributed by atoms with van der Waals surface area (Å²) in [6.45, 7) is 4.39. The van der Waals surface area contributed by atoms with Gasteiger partial charge >= 0.3 is 6.36 Å². The Kier molecular flexibility index (Phi) is 6.90. The summed E-state index contributed by atoms with van der Waals surface area (Å²) in [5, 5.41) is 0. The van der Waals surface area contributed by atoms with Crippen LogP contribution in [0.2, 0.25) is 11.6 Å². The molecule has 1 aliphatic rings. The van der Waals surface area contributed by atoms with E-state index in [0.717, 1.165) is 42.5 Å². The van der Waals surface area contributed by atoms with Gasteiger partial charge in [0.2, 0.25) is 0 Å². The van der Waals surface area contributed by atoms with E-state index in [1.54, 1.807) is 6.07 Å². The maximum absolute atomic E-state index is 15.0. The van der Waals surface area contributed by atoms with Gasteiger partial charge in [0.05, 0.1) is 0 Å². The molecule has 0 bridgehead atoms. The molecule has 0 radical (unpaired) electrons. The number of alkyl halides is 3. The van der Waals surface area contributed by atoms with Crippen LogP contribution in [0.4, 0.5) is 22.0 Å². The molecule has 30 heavy (non-hydrogen) atoms. The zero-order chi connectivity index (χ0) is 21.9. The molecule has 0 atom stereocenters. The van der Waals surface area contributed by atoms with Crippen molar-refractivity contribution in [1.82, 2.24) is 0 Å². The molecule has 7 heteroatoms. The molecule has 1 saturated carbocycles. The standard InChI is InChI=1S/C23H27F5OSi/c1-3-22(11-9-17(10-12-22)30-4-2)16-6-7-18(19(24)14-16)15-5-8-21(20(25)13-15)29-23(26,27)28/h5-8,13-14,17H,3-4,9-12,30H2,1-2H3/t17-,22-. The zero-order valence-corrected chi connectivity index (χ0v) is 18.7. The third kappa shape index (κ3) is 5.05.